The van der Waals surface area contributed by atoms with Crippen molar-refractivity contribution in [3.05, 3.63) is 11.6 Å². The van der Waals surface area contributed by atoms with Crippen LogP contribution in [0.3, 0.4) is 0 Å². The van der Waals surface area contributed by atoms with E-state index in [4.69, 9.17) is 8.92 Å². The molecule has 202 valence electrons. The van der Waals surface area contributed by atoms with Gasteiger partial charge in [-0.1, -0.05) is 25.5 Å². The van der Waals surface area contributed by atoms with E-state index >= 15 is 0 Å². The van der Waals surface area contributed by atoms with E-state index in [1.807, 2.05) is 0 Å². The van der Waals surface area contributed by atoms with Gasteiger partial charge in [-0.05, 0) is 86.9 Å². The summed E-state index contributed by atoms with van der Waals surface area (Å²) in [5.74, 6) is 1.02. The second-order valence-corrected chi connectivity index (χ2v) is 13.2. The number of carboxylic acids is 1. The summed E-state index contributed by atoms with van der Waals surface area (Å²) >= 11 is 0.849. The molecule has 9 heteroatoms. The van der Waals surface area contributed by atoms with E-state index in [1.165, 1.54) is 5.57 Å². The minimum absolute atomic E-state index is 0.101. The minimum atomic E-state index is -1.70. The van der Waals surface area contributed by atoms with Crippen LogP contribution in [0.25, 0.3) is 0 Å². The van der Waals surface area contributed by atoms with E-state index in [1.54, 1.807) is 6.92 Å². The van der Waals surface area contributed by atoms with Gasteiger partial charge in [0.05, 0.1) is 6.10 Å². The van der Waals surface area contributed by atoms with Crippen LogP contribution in [0.1, 0.15) is 72.1 Å². The van der Waals surface area contributed by atoms with E-state index in [0.29, 0.717) is 23.5 Å². The molecule has 1 heterocycles. The highest BCUT2D eigenvalue weighted by molar-refractivity contribution is 7.95. The van der Waals surface area contributed by atoms with Crippen molar-refractivity contribution >= 4 is 23.8 Å². The summed E-state index contributed by atoms with van der Waals surface area (Å²) in [6.07, 6.45) is 4.07. The quantitative estimate of drug-likeness (QED) is 0.316. The molecule has 4 fully saturated rings. The second kappa shape index (κ2) is 9.65. The fourth-order valence-corrected chi connectivity index (χ4v) is 9.51. The van der Waals surface area contributed by atoms with Gasteiger partial charge in [0.1, 0.15) is 24.1 Å². The molecule has 12 atom stereocenters. The highest BCUT2D eigenvalue weighted by atomic mass is 32.2. The zero-order valence-electron chi connectivity index (χ0n) is 21.3. The van der Waals surface area contributed by atoms with Crippen LogP contribution in [0.2, 0.25) is 0 Å². The lowest BCUT2D eigenvalue weighted by molar-refractivity contribution is -0.210. The molecule has 0 aromatic carbocycles. The molecule has 4 aliphatic carbocycles. The normalized spacial score (nSPS) is 50.4. The van der Waals surface area contributed by atoms with E-state index in [9.17, 15) is 30.0 Å². The van der Waals surface area contributed by atoms with Gasteiger partial charge in [-0.3, -0.25) is 4.79 Å². The maximum absolute atomic E-state index is 12.4. The van der Waals surface area contributed by atoms with Gasteiger partial charge in [0, 0.05) is 18.0 Å². The van der Waals surface area contributed by atoms with Crippen molar-refractivity contribution in [2.45, 2.75) is 108 Å². The monoisotopic (exact) mass is 524 g/mol. The Balaban J connectivity index is 1.24. The van der Waals surface area contributed by atoms with Crippen LogP contribution in [-0.2, 0) is 18.5 Å². The molecular formula is C27H40O8S. The van der Waals surface area contributed by atoms with Crippen LogP contribution >= 0.6 is 12.0 Å². The third-order valence-corrected chi connectivity index (χ3v) is 11.6. The Hall–Kier alpha value is -0.970. The van der Waals surface area contributed by atoms with Gasteiger partial charge in [0.15, 0.2) is 11.5 Å². The fraction of sp³-hybridized carbons (Fsp3) is 0.852. The number of Topliss-reactive ketones (excluding diaryl/α,β-unsaturated/α-hetero) is 1. The molecule has 36 heavy (non-hydrogen) atoms. The number of hydrogen-bond donors (Lipinski definition) is 4. The summed E-state index contributed by atoms with van der Waals surface area (Å²) in [4.78, 5) is 23.7. The molecule has 1 aliphatic heterocycles. The molecule has 0 aromatic rings. The molecule has 5 aliphatic rings. The number of allylic oxidation sites excluding steroid dienone is 1. The first kappa shape index (κ1) is 26.6. The molecule has 3 saturated carbocycles. The Morgan fingerprint density at radius 3 is 2.47 bits per heavy atom. The molecule has 1 saturated heterocycles. The van der Waals surface area contributed by atoms with Gasteiger partial charge in [-0.15, -0.1) is 0 Å². The van der Waals surface area contributed by atoms with Crippen LogP contribution < -0.4 is 0 Å². The average Bonchev–Trinajstić information content (AvgIpc) is 3.19. The molecule has 5 rings (SSSR count). The lowest BCUT2D eigenvalue weighted by atomic mass is 9.47. The Labute approximate surface area is 217 Å². The van der Waals surface area contributed by atoms with Gasteiger partial charge < -0.3 is 29.3 Å². The minimum Gasteiger partial charge on any atom is -0.479 e. The van der Waals surface area contributed by atoms with Gasteiger partial charge in [0.25, 0.3) is 0 Å². The van der Waals surface area contributed by atoms with E-state index < -0.39 is 35.8 Å². The summed E-state index contributed by atoms with van der Waals surface area (Å²) in [5.41, 5.74) is 0.585. The van der Waals surface area contributed by atoms with Crippen LogP contribution in [0, 0.1) is 34.5 Å². The molecule has 0 bridgehead atoms. The number of ketones is 1. The molecular weight excluding hydrogens is 484 g/mol. The lowest BCUT2D eigenvalue weighted by Gasteiger charge is -2.58. The molecule has 0 radical (unpaired) electrons. The molecule has 0 amide bonds. The second-order valence-electron chi connectivity index (χ2n) is 12.3. The van der Waals surface area contributed by atoms with Crippen molar-refractivity contribution in [1.82, 2.24) is 0 Å². The Morgan fingerprint density at radius 1 is 1.03 bits per heavy atom. The largest absolute Gasteiger partial charge is 0.479 e. The summed E-state index contributed by atoms with van der Waals surface area (Å²) in [6, 6.07) is 0. The Morgan fingerprint density at radius 2 is 1.78 bits per heavy atom. The van der Waals surface area contributed by atoms with Gasteiger partial charge in [0.2, 0.25) is 0 Å². The van der Waals surface area contributed by atoms with Crippen molar-refractivity contribution < 1.29 is 38.9 Å². The molecule has 0 spiro atoms. The fourth-order valence-electron chi connectivity index (χ4n) is 8.64. The van der Waals surface area contributed by atoms with Crippen molar-refractivity contribution in [3.63, 3.8) is 0 Å². The standard InChI is InChI=1S/C27H40O8S/c1-13(28)17-6-7-18-16-5-4-14-12-15(8-10-26(14,2)19(16)9-11-27(17,18)3)35-36-25-22(31)20(29)21(30)23(34-25)24(32)33/h4,15-23,25,29-31H,5-12H2,1-3H3,(H,32,33)/t15-,16-,17+,18-,19-,20-,21-,22+,23-,25?,26-,27+/m0/s1. The number of aliphatic hydroxyl groups is 3. The van der Waals surface area contributed by atoms with Crippen molar-refractivity contribution in [1.29, 1.82) is 0 Å². The number of carbonyl (C=O) groups is 2. The first-order chi connectivity index (χ1) is 17.0. The topological polar surface area (TPSA) is 134 Å². The number of aliphatic hydroxyl groups excluding tert-OH is 3. The number of carbonyl (C=O) groups excluding carboxylic acids is 1. The zero-order valence-corrected chi connectivity index (χ0v) is 22.2. The summed E-state index contributed by atoms with van der Waals surface area (Å²) in [5, 5.41) is 39.5. The first-order valence-electron chi connectivity index (χ1n) is 13.4. The maximum atomic E-state index is 12.4. The third kappa shape index (κ3) is 4.18. The number of aliphatic carboxylic acids is 1. The van der Waals surface area contributed by atoms with Crippen LogP contribution in [0.15, 0.2) is 11.6 Å². The molecule has 0 aromatic heterocycles. The third-order valence-electron chi connectivity index (χ3n) is 10.6. The van der Waals surface area contributed by atoms with Crippen molar-refractivity contribution in [2.75, 3.05) is 0 Å². The lowest BCUT2D eigenvalue weighted by Crippen LogP contribution is -2.58. The van der Waals surface area contributed by atoms with E-state index in [0.717, 1.165) is 63.4 Å². The SMILES string of the molecule is CC(=O)[C@H]1CC[C@H]2[C@@H]3CC=C4C[C@@H](OSC5O[C@H](C(=O)O)[C@@H](O)[C@H](O)[C@H]5O)CC[C@]4(C)[C@H]3CC[C@]12C. The highest BCUT2D eigenvalue weighted by Crippen LogP contribution is 2.66. The predicted octanol–water partition coefficient (Wildman–Crippen LogP) is 3.08. The maximum Gasteiger partial charge on any atom is 0.335 e. The number of rotatable bonds is 5. The summed E-state index contributed by atoms with van der Waals surface area (Å²) in [6.45, 7) is 6.54. The van der Waals surface area contributed by atoms with Crippen LogP contribution in [0.5, 0.6) is 0 Å². The van der Waals surface area contributed by atoms with Gasteiger partial charge in [-0.2, -0.15) is 0 Å². The van der Waals surface area contributed by atoms with E-state index in [-0.39, 0.29) is 22.9 Å². The van der Waals surface area contributed by atoms with Crippen LogP contribution in [-0.4, -0.2) is 68.1 Å². The summed E-state index contributed by atoms with van der Waals surface area (Å²) in [7, 11) is 0. The van der Waals surface area contributed by atoms with E-state index in [2.05, 4.69) is 19.9 Å². The predicted molar refractivity (Wildman–Crippen MR) is 133 cm³/mol. The number of ether oxygens (including phenoxy) is 1. The average molecular weight is 525 g/mol. The number of fused-ring (bicyclic) bond motifs is 5. The van der Waals surface area contributed by atoms with Crippen molar-refractivity contribution in [2.24, 2.45) is 34.5 Å². The smallest absolute Gasteiger partial charge is 0.335 e. The molecule has 4 N–H and O–H groups in total. The number of carboxylic acid groups (broad SMARTS) is 1. The Bertz CT molecular complexity index is 923. The van der Waals surface area contributed by atoms with Gasteiger partial charge >= 0.3 is 5.97 Å². The number of hydrogen-bond acceptors (Lipinski definition) is 8. The Kier molecular flexibility index (Phi) is 7.14. The van der Waals surface area contributed by atoms with Crippen LogP contribution in [0.4, 0.5) is 0 Å². The molecule has 8 nitrogen and oxygen atoms in total. The zero-order chi connectivity index (χ0) is 26.0. The van der Waals surface area contributed by atoms with Gasteiger partial charge in [-0.25, -0.2) is 4.79 Å². The highest BCUT2D eigenvalue weighted by Gasteiger charge is 2.59. The van der Waals surface area contributed by atoms with Crippen molar-refractivity contribution in [3.8, 4) is 0 Å². The summed E-state index contributed by atoms with van der Waals surface area (Å²) < 4.78 is 11.4. The first-order valence-corrected chi connectivity index (χ1v) is 14.2. The molecule has 1 unspecified atom stereocenters.